The maximum atomic E-state index is 12.6. The fourth-order valence-electron chi connectivity index (χ4n) is 1.23. The Morgan fingerprint density at radius 2 is 1.77 bits per heavy atom. The van der Waals surface area contributed by atoms with E-state index in [0.717, 1.165) is 5.33 Å². The van der Waals surface area contributed by atoms with E-state index >= 15 is 0 Å². The molecule has 2 heteroatoms. The average Bonchev–Trinajstić information content (AvgIpc) is 2.17. The van der Waals surface area contributed by atoms with E-state index in [2.05, 4.69) is 29.8 Å². The summed E-state index contributed by atoms with van der Waals surface area (Å²) in [6.45, 7) is 4.35. The van der Waals surface area contributed by atoms with Crippen LogP contribution in [-0.2, 0) is 0 Å². The van der Waals surface area contributed by atoms with Gasteiger partial charge in [-0.3, -0.25) is 0 Å². The van der Waals surface area contributed by atoms with Crippen LogP contribution in [0.1, 0.15) is 25.3 Å². The summed E-state index contributed by atoms with van der Waals surface area (Å²) >= 11 is 3.45. The van der Waals surface area contributed by atoms with Crippen molar-refractivity contribution in [2.75, 3.05) is 5.33 Å². The smallest absolute Gasteiger partial charge is 0.123 e. The van der Waals surface area contributed by atoms with Crippen molar-refractivity contribution in [2.45, 2.75) is 19.8 Å². The Labute approximate surface area is 87.3 Å². The number of hydrogen-bond acceptors (Lipinski definition) is 0. The Bertz CT molecular complexity index is 255. The lowest BCUT2D eigenvalue weighted by molar-refractivity contribution is 0.545. The molecule has 0 spiro atoms. The van der Waals surface area contributed by atoms with Crippen LogP contribution >= 0.6 is 15.9 Å². The molecule has 2 atom stereocenters. The third-order valence-corrected chi connectivity index (χ3v) is 3.51. The molecular formula is C11H14BrF. The van der Waals surface area contributed by atoms with Crippen LogP contribution in [0, 0.1) is 11.7 Å². The molecule has 13 heavy (non-hydrogen) atoms. The van der Waals surface area contributed by atoms with E-state index in [1.165, 1.54) is 17.7 Å². The number of alkyl halides is 1. The van der Waals surface area contributed by atoms with Crippen LogP contribution in [-0.4, -0.2) is 5.33 Å². The van der Waals surface area contributed by atoms with Gasteiger partial charge in [0.05, 0.1) is 0 Å². The van der Waals surface area contributed by atoms with Crippen molar-refractivity contribution < 1.29 is 4.39 Å². The van der Waals surface area contributed by atoms with Gasteiger partial charge in [-0.25, -0.2) is 4.39 Å². The third-order valence-electron chi connectivity index (χ3n) is 2.49. The van der Waals surface area contributed by atoms with Crippen LogP contribution in [0.4, 0.5) is 4.39 Å². The fraction of sp³-hybridized carbons (Fsp3) is 0.455. The number of rotatable bonds is 3. The third kappa shape index (κ3) is 2.80. The molecule has 2 unspecified atom stereocenters. The molecule has 0 aliphatic rings. The standard InChI is InChI=1S/C11H14BrF/c1-8(7-12)9(2)10-3-5-11(13)6-4-10/h3-6,8-9H,7H2,1-2H3. The first-order valence-electron chi connectivity index (χ1n) is 4.46. The molecule has 0 bridgehead atoms. The summed E-state index contributed by atoms with van der Waals surface area (Å²) in [4.78, 5) is 0. The van der Waals surface area contributed by atoms with E-state index < -0.39 is 0 Å². The summed E-state index contributed by atoms with van der Waals surface area (Å²) in [6.07, 6.45) is 0. The van der Waals surface area contributed by atoms with Gasteiger partial charge in [-0.1, -0.05) is 41.9 Å². The van der Waals surface area contributed by atoms with Crippen molar-refractivity contribution in [3.05, 3.63) is 35.6 Å². The van der Waals surface area contributed by atoms with Gasteiger partial charge in [0.1, 0.15) is 5.82 Å². The van der Waals surface area contributed by atoms with Crippen molar-refractivity contribution in [1.29, 1.82) is 0 Å². The summed E-state index contributed by atoms with van der Waals surface area (Å²) in [7, 11) is 0. The summed E-state index contributed by atoms with van der Waals surface area (Å²) in [6, 6.07) is 6.76. The van der Waals surface area contributed by atoms with Crippen LogP contribution < -0.4 is 0 Å². The highest BCUT2D eigenvalue weighted by molar-refractivity contribution is 9.09. The molecule has 72 valence electrons. The zero-order valence-electron chi connectivity index (χ0n) is 7.93. The van der Waals surface area contributed by atoms with Gasteiger partial charge in [0.2, 0.25) is 0 Å². The van der Waals surface area contributed by atoms with Gasteiger partial charge in [-0.2, -0.15) is 0 Å². The molecule has 0 saturated heterocycles. The highest BCUT2D eigenvalue weighted by Gasteiger charge is 2.12. The van der Waals surface area contributed by atoms with Crippen LogP contribution in [0.5, 0.6) is 0 Å². The highest BCUT2D eigenvalue weighted by Crippen LogP contribution is 2.25. The van der Waals surface area contributed by atoms with Crippen molar-refractivity contribution in [3.8, 4) is 0 Å². The van der Waals surface area contributed by atoms with E-state index in [0.29, 0.717) is 11.8 Å². The predicted molar refractivity (Wildman–Crippen MR) is 57.8 cm³/mol. The SMILES string of the molecule is CC(CBr)C(C)c1ccc(F)cc1. The van der Waals surface area contributed by atoms with Gasteiger partial charge < -0.3 is 0 Å². The lowest BCUT2D eigenvalue weighted by atomic mass is 9.90. The van der Waals surface area contributed by atoms with Gasteiger partial charge in [-0.05, 0) is 29.5 Å². The summed E-state index contributed by atoms with van der Waals surface area (Å²) in [5.74, 6) is 0.882. The van der Waals surface area contributed by atoms with Crippen LogP contribution in [0.25, 0.3) is 0 Å². The first kappa shape index (κ1) is 10.7. The maximum Gasteiger partial charge on any atom is 0.123 e. The van der Waals surface area contributed by atoms with Crippen molar-refractivity contribution in [1.82, 2.24) is 0 Å². The van der Waals surface area contributed by atoms with E-state index in [-0.39, 0.29) is 5.82 Å². The normalized spacial score (nSPS) is 15.4. The second-order valence-corrected chi connectivity index (χ2v) is 4.12. The molecule has 0 saturated carbocycles. The molecule has 0 N–H and O–H groups in total. The van der Waals surface area contributed by atoms with Gasteiger partial charge in [-0.15, -0.1) is 0 Å². The summed E-state index contributed by atoms with van der Waals surface area (Å²) in [5.41, 5.74) is 1.20. The Morgan fingerprint density at radius 3 is 2.23 bits per heavy atom. The Hall–Kier alpha value is -0.370. The van der Waals surface area contributed by atoms with E-state index in [1.54, 1.807) is 0 Å². The molecule has 0 nitrogen and oxygen atoms in total. The van der Waals surface area contributed by atoms with Crippen LogP contribution in [0.2, 0.25) is 0 Å². The predicted octanol–water partition coefficient (Wildman–Crippen LogP) is 3.96. The summed E-state index contributed by atoms with van der Waals surface area (Å²) in [5, 5.41) is 0.978. The first-order valence-corrected chi connectivity index (χ1v) is 5.58. The molecule has 0 aliphatic heterocycles. The number of halogens is 2. The quantitative estimate of drug-likeness (QED) is 0.707. The lowest BCUT2D eigenvalue weighted by Gasteiger charge is -2.17. The largest absolute Gasteiger partial charge is 0.207 e. The zero-order chi connectivity index (χ0) is 9.84. The van der Waals surface area contributed by atoms with Gasteiger partial charge in [0, 0.05) is 5.33 Å². The Kier molecular flexibility index (Phi) is 3.91. The first-order chi connectivity index (χ1) is 6.15. The van der Waals surface area contributed by atoms with Crippen molar-refractivity contribution >= 4 is 15.9 Å². The molecule has 0 aliphatic carbocycles. The van der Waals surface area contributed by atoms with E-state index in [9.17, 15) is 4.39 Å². The molecule has 0 aromatic heterocycles. The number of hydrogen-bond donors (Lipinski definition) is 0. The second-order valence-electron chi connectivity index (χ2n) is 3.47. The minimum Gasteiger partial charge on any atom is -0.207 e. The monoisotopic (exact) mass is 244 g/mol. The molecule has 1 aromatic rings. The molecule has 0 heterocycles. The summed E-state index contributed by atoms with van der Waals surface area (Å²) < 4.78 is 12.6. The molecule has 0 radical (unpaired) electrons. The molecule has 1 aromatic carbocycles. The lowest BCUT2D eigenvalue weighted by Crippen LogP contribution is -2.07. The van der Waals surface area contributed by atoms with Crippen molar-refractivity contribution in [2.24, 2.45) is 5.92 Å². The fourth-order valence-corrected chi connectivity index (χ4v) is 1.79. The minimum absolute atomic E-state index is 0.164. The van der Waals surface area contributed by atoms with E-state index in [4.69, 9.17) is 0 Å². The van der Waals surface area contributed by atoms with Crippen LogP contribution in [0.3, 0.4) is 0 Å². The van der Waals surface area contributed by atoms with Gasteiger partial charge >= 0.3 is 0 Å². The minimum atomic E-state index is -0.164. The zero-order valence-corrected chi connectivity index (χ0v) is 9.51. The molecule has 0 fully saturated rings. The topological polar surface area (TPSA) is 0 Å². The highest BCUT2D eigenvalue weighted by atomic mass is 79.9. The Balaban J connectivity index is 2.77. The maximum absolute atomic E-state index is 12.6. The van der Waals surface area contributed by atoms with Crippen LogP contribution in [0.15, 0.2) is 24.3 Å². The van der Waals surface area contributed by atoms with Crippen molar-refractivity contribution in [3.63, 3.8) is 0 Å². The number of benzene rings is 1. The van der Waals surface area contributed by atoms with E-state index in [1.807, 2.05) is 12.1 Å². The molecule has 0 amide bonds. The van der Waals surface area contributed by atoms with Gasteiger partial charge in [0.15, 0.2) is 0 Å². The molecule has 1 rings (SSSR count). The Morgan fingerprint density at radius 1 is 1.23 bits per heavy atom. The van der Waals surface area contributed by atoms with Gasteiger partial charge in [0.25, 0.3) is 0 Å². The molecular weight excluding hydrogens is 231 g/mol. The second kappa shape index (κ2) is 4.75. The average molecular weight is 245 g/mol.